The van der Waals surface area contributed by atoms with Gasteiger partial charge in [0.25, 0.3) is 20.2 Å². The molecule has 0 bridgehead atoms. The Balaban J connectivity index is 2.70. The van der Waals surface area contributed by atoms with E-state index in [1.54, 1.807) is 12.1 Å². The van der Waals surface area contributed by atoms with Crippen LogP contribution in [-0.4, -0.2) is 48.0 Å². The van der Waals surface area contributed by atoms with Gasteiger partial charge in [-0.15, -0.1) is 0 Å². The number of aryl methyl sites for hydroxylation is 1. The molecule has 0 aromatic heterocycles. The fourth-order valence-corrected chi connectivity index (χ4v) is 2.73. The fourth-order valence-electron chi connectivity index (χ4n) is 1.74. The molecule has 0 fully saturated rings. The zero-order valence-corrected chi connectivity index (χ0v) is 15.2. The first-order valence-corrected chi connectivity index (χ1v) is 10.5. The van der Waals surface area contributed by atoms with Crippen molar-refractivity contribution in [3.05, 3.63) is 35.4 Å². The lowest BCUT2D eigenvalue weighted by molar-refractivity contribution is -0.153. The van der Waals surface area contributed by atoms with Crippen molar-refractivity contribution in [3.63, 3.8) is 0 Å². The normalized spacial score (nSPS) is 13.5. The number of carbonyl (C=O) groups excluding carboxylic acids is 1. The number of benzene rings is 1. The van der Waals surface area contributed by atoms with Crippen LogP contribution in [0.2, 0.25) is 0 Å². The standard InChI is InChI=1S/C14H20O8S2/c1-11-6-4-5-7-12(11)10-20-14(15)13(22-24(3,18)19)8-9-21-23(2,16)17/h4-7,13H,8-10H2,1-3H3. The highest BCUT2D eigenvalue weighted by molar-refractivity contribution is 7.86. The average Bonchev–Trinajstić information content (AvgIpc) is 2.42. The van der Waals surface area contributed by atoms with Crippen LogP contribution in [0.3, 0.4) is 0 Å². The molecule has 0 aliphatic rings. The SMILES string of the molecule is Cc1ccccc1COC(=O)C(CCOS(C)(=O)=O)OS(C)(=O)=O. The van der Waals surface area contributed by atoms with Crippen molar-refractivity contribution in [2.24, 2.45) is 0 Å². The van der Waals surface area contributed by atoms with Gasteiger partial charge in [-0.25, -0.2) is 4.79 Å². The largest absolute Gasteiger partial charge is 0.459 e. The summed E-state index contributed by atoms with van der Waals surface area (Å²) >= 11 is 0. The molecule has 0 spiro atoms. The molecule has 0 aliphatic heterocycles. The topological polar surface area (TPSA) is 113 Å². The minimum atomic E-state index is -3.93. The molecular formula is C14H20O8S2. The first kappa shape index (κ1) is 20.6. The number of ether oxygens (including phenoxy) is 1. The molecule has 1 aromatic carbocycles. The molecule has 0 aliphatic carbocycles. The van der Waals surface area contributed by atoms with Crippen molar-refractivity contribution >= 4 is 26.2 Å². The van der Waals surface area contributed by atoms with Crippen molar-refractivity contribution in [2.45, 2.75) is 26.1 Å². The van der Waals surface area contributed by atoms with Gasteiger partial charge in [-0.05, 0) is 18.1 Å². The maximum atomic E-state index is 12.0. The summed E-state index contributed by atoms with van der Waals surface area (Å²) in [5.41, 5.74) is 1.67. The summed E-state index contributed by atoms with van der Waals surface area (Å²) in [6.07, 6.45) is -0.139. The molecule has 0 saturated heterocycles. The van der Waals surface area contributed by atoms with Gasteiger partial charge in [0.1, 0.15) is 6.61 Å². The number of rotatable bonds is 9. The Morgan fingerprint density at radius 2 is 1.71 bits per heavy atom. The van der Waals surface area contributed by atoms with Gasteiger partial charge >= 0.3 is 5.97 Å². The molecule has 1 atom stereocenters. The highest BCUT2D eigenvalue weighted by Gasteiger charge is 2.26. The average molecular weight is 380 g/mol. The van der Waals surface area contributed by atoms with Crippen molar-refractivity contribution in [2.75, 3.05) is 19.1 Å². The van der Waals surface area contributed by atoms with Crippen molar-refractivity contribution in [1.29, 1.82) is 0 Å². The van der Waals surface area contributed by atoms with Gasteiger partial charge in [0, 0.05) is 6.42 Å². The third-order valence-corrected chi connectivity index (χ3v) is 4.04. The van der Waals surface area contributed by atoms with Gasteiger partial charge in [-0.2, -0.15) is 16.8 Å². The molecule has 0 amide bonds. The molecule has 1 aromatic rings. The number of carbonyl (C=O) groups is 1. The molecule has 0 N–H and O–H groups in total. The van der Waals surface area contributed by atoms with Crippen LogP contribution in [0.15, 0.2) is 24.3 Å². The molecule has 1 rings (SSSR count). The second-order valence-corrected chi connectivity index (χ2v) is 8.38. The van der Waals surface area contributed by atoms with Crippen molar-refractivity contribution < 1.29 is 34.7 Å². The number of hydrogen-bond acceptors (Lipinski definition) is 8. The number of hydrogen-bond donors (Lipinski definition) is 0. The molecule has 8 nitrogen and oxygen atoms in total. The van der Waals surface area contributed by atoms with Gasteiger partial charge < -0.3 is 4.74 Å². The van der Waals surface area contributed by atoms with Crippen LogP contribution in [0, 0.1) is 6.92 Å². The smallest absolute Gasteiger partial charge is 0.337 e. The van der Waals surface area contributed by atoms with E-state index >= 15 is 0 Å². The van der Waals surface area contributed by atoms with E-state index in [9.17, 15) is 21.6 Å². The van der Waals surface area contributed by atoms with Crippen molar-refractivity contribution in [3.8, 4) is 0 Å². The fraction of sp³-hybridized carbons (Fsp3) is 0.500. The lowest BCUT2D eigenvalue weighted by Crippen LogP contribution is -2.30. The van der Waals surface area contributed by atoms with Crippen LogP contribution in [0.25, 0.3) is 0 Å². The number of esters is 1. The van der Waals surface area contributed by atoms with Crippen molar-refractivity contribution in [1.82, 2.24) is 0 Å². The lowest BCUT2D eigenvalue weighted by Gasteiger charge is -2.15. The Morgan fingerprint density at radius 1 is 1.08 bits per heavy atom. The van der Waals surface area contributed by atoms with Crippen LogP contribution in [0.5, 0.6) is 0 Å². The molecule has 0 saturated carbocycles. The third kappa shape index (κ3) is 8.39. The summed E-state index contributed by atoms with van der Waals surface area (Å²) in [7, 11) is -7.64. The predicted molar refractivity (Wildman–Crippen MR) is 86.1 cm³/mol. The van der Waals surface area contributed by atoms with E-state index in [1.165, 1.54) is 0 Å². The van der Waals surface area contributed by atoms with E-state index in [0.717, 1.165) is 23.6 Å². The Hall–Kier alpha value is -1.49. The van der Waals surface area contributed by atoms with E-state index in [2.05, 4.69) is 8.37 Å². The van der Waals surface area contributed by atoms with E-state index in [-0.39, 0.29) is 13.0 Å². The van der Waals surface area contributed by atoms with Crippen LogP contribution in [0.4, 0.5) is 0 Å². The second-order valence-electron chi connectivity index (χ2n) is 5.14. The molecule has 0 heterocycles. The Labute approximate surface area is 142 Å². The minimum absolute atomic E-state index is 0.0535. The summed E-state index contributed by atoms with van der Waals surface area (Å²) in [5.74, 6) is -0.916. The van der Waals surface area contributed by atoms with E-state index in [4.69, 9.17) is 4.74 Å². The van der Waals surface area contributed by atoms with Crippen LogP contribution < -0.4 is 0 Å². The van der Waals surface area contributed by atoms with E-state index < -0.39 is 38.9 Å². The summed E-state index contributed by atoms with van der Waals surface area (Å²) in [4.78, 5) is 12.0. The minimum Gasteiger partial charge on any atom is -0.459 e. The molecule has 1 unspecified atom stereocenters. The van der Waals surface area contributed by atoms with Gasteiger partial charge in [0.05, 0.1) is 19.1 Å². The zero-order chi connectivity index (χ0) is 18.4. The lowest BCUT2D eigenvalue weighted by atomic mass is 10.1. The van der Waals surface area contributed by atoms with Gasteiger partial charge in [-0.1, -0.05) is 24.3 Å². The second kappa shape index (κ2) is 8.56. The monoisotopic (exact) mass is 380 g/mol. The molecule has 136 valence electrons. The predicted octanol–water partition coefficient (Wildman–Crippen LogP) is 0.749. The highest BCUT2D eigenvalue weighted by Crippen LogP contribution is 2.12. The molecule has 10 heteroatoms. The Kier molecular flexibility index (Phi) is 7.33. The van der Waals surface area contributed by atoms with Crippen LogP contribution in [-0.2, 0) is 44.7 Å². The summed E-state index contributed by atoms with van der Waals surface area (Å²) in [6, 6.07) is 7.22. The molecular weight excluding hydrogens is 360 g/mol. The zero-order valence-electron chi connectivity index (χ0n) is 13.6. The maximum absolute atomic E-state index is 12.0. The first-order chi connectivity index (χ1) is 11.0. The van der Waals surface area contributed by atoms with Gasteiger partial charge in [0.2, 0.25) is 0 Å². The molecule has 0 radical (unpaired) electrons. The van der Waals surface area contributed by atoms with Gasteiger partial charge in [-0.3, -0.25) is 8.37 Å². The van der Waals surface area contributed by atoms with E-state index in [1.807, 2.05) is 19.1 Å². The highest BCUT2D eigenvalue weighted by atomic mass is 32.2. The molecule has 24 heavy (non-hydrogen) atoms. The summed E-state index contributed by atoms with van der Waals surface area (Å²) < 4.78 is 58.5. The quantitative estimate of drug-likeness (QED) is 0.455. The maximum Gasteiger partial charge on any atom is 0.337 e. The van der Waals surface area contributed by atoms with E-state index in [0.29, 0.717) is 0 Å². The van der Waals surface area contributed by atoms with Crippen LogP contribution in [0.1, 0.15) is 17.5 Å². The Morgan fingerprint density at radius 3 is 2.25 bits per heavy atom. The van der Waals surface area contributed by atoms with Crippen LogP contribution >= 0.6 is 0 Å². The third-order valence-electron chi connectivity index (χ3n) is 2.86. The van der Waals surface area contributed by atoms with Gasteiger partial charge in [0.15, 0.2) is 6.10 Å². The Bertz CT molecular complexity index is 768. The first-order valence-electron chi connectivity index (χ1n) is 6.92. The summed E-state index contributed by atoms with van der Waals surface area (Å²) in [6.45, 7) is 1.38. The summed E-state index contributed by atoms with van der Waals surface area (Å²) in [5, 5.41) is 0.